The molecule has 0 aliphatic heterocycles. The van der Waals surface area contributed by atoms with Gasteiger partial charge in [0.1, 0.15) is 23.2 Å². The second-order valence-electron chi connectivity index (χ2n) is 8.31. The molecule has 0 spiro atoms. The van der Waals surface area contributed by atoms with E-state index in [1.54, 1.807) is 26.0 Å². The molecule has 182 valence electrons. The van der Waals surface area contributed by atoms with E-state index in [1.165, 1.54) is 34.6 Å². The summed E-state index contributed by atoms with van der Waals surface area (Å²) in [6, 6.07) is 18.5. The van der Waals surface area contributed by atoms with E-state index in [4.69, 9.17) is 16.0 Å². The van der Waals surface area contributed by atoms with Crippen LogP contribution in [0.5, 0.6) is 0 Å². The number of sulfonamides is 1. The molecule has 0 aliphatic rings. The van der Waals surface area contributed by atoms with Crippen LogP contribution in [0.3, 0.4) is 0 Å². The number of carbonyl (C=O) groups is 1. The molecular formula is C26H26ClN3O4S. The van der Waals surface area contributed by atoms with E-state index in [-0.39, 0.29) is 35.4 Å². The van der Waals surface area contributed by atoms with Crippen molar-refractivity contribution in [3.05, 3.63) is 93.9 Å². The first-order chi connectivity index (χ1) is 16.6. The zero-order valence-corrected chi connectivity index (χ0v) is 21.2. The Bertz CT molecular complexity index is 1350. The number of furan rings is 1. The standard InChI is InChI=1S/C26H26ClN3O4S/c1-18(2)29-26(31)21(15-28)14-23-10-11-24(34-23)17-30(16-20-6-4-19(3)5-7-20)35(32,33)25-12-8-22(27)9-13-25/h4-14,18H,16-17H2,1-3H3,(H,29,31)/b21-14-. The molecule has 1 N–H and O–H groups in total. The van der Waals surface area contributed by atoms with Gasteiger partial charge in [0.05, 0.1) is 11.4 Å². The molecule has 0 saturated carbocycles. The molecule has 0 radical (unpaired) electrons. The van der Waals surface area contributed by atoms with Crippen LogP contribution in [0.4, 0.5) is 0 Å². The van der Waals surface area contributed by atoms with Crippen LogP contribution in [0, 0.1) is 18.3 Å². The van der Waals surface area contributed by atoms with Gasteiger partial charge in [0.25, 0.3) is 5.91 Å². The zero-order valence-electron chi connectivity index (χ0n) is 19.7. The lowest BCUT2D eigenvalue weighted by Crippen LogP contribution is -2.30. The minimum absolute atomic E-state index is 0.0489. The highest BCUT2D eigenvalue weighted by Crippen LogP contribution is 2.24. The number of hydrogen-bond donors (Lipinski definition) is 1. The number of nitriles is 1. The van der Waals surface area contributed by atoms with Crippen LogP contribution in [-0.4, -0.2) is 24.7 Å². The normalized spacial score (nSPS) is 12.1. The van der Waals surface area contributed by atoms with Gasteiger partial charge in [-0.25, -0.2) is 8.42 Å². The van der Waals surface area contributed by atoms with Crippen LogP contribution in [0.2, 0.25) is 5.02 Å². The van der Waals surface area contributed by atoms with Crippen molar-refractivity contribution in [2.45, 2.75) is 44.8 Å². The summed E-state index contributed by atoms with van der Waals surface area (Å²) < 4.78 is 34.0. The minimum atomic E-state index is -3.89. The van der Waals surface area contributed by atoms with E-state index in [2.05, 4.69) is 5.32 Å². The first-order valence-corrected chi connectivity index (χ1v) is 12.7. The molecule has 3 aromatic rings. The molecule has 1 aromatic heterocycles. The minimum Gasteiger partial charge on any atom is -0.460 e. The monoisotopic (exact) mass is 511 g/mol. The largest absolute Gasteiger partial charge is 0.460 e. The number of nitrogens with one attached hydrogen (secondary N) is 1. The van der Waals surface area contributed by atoms with Crippen LogP contribution in [-0.2, 0) is 27.9 Å². The van der Waals surface area contributed by atoms with Crippen molar-refractivity contribution in [3.8, 4) is 6.07 Å². The lowest BCUT2D eigenvalue weighted by atomic mass is 10.1. The van der Waals surface area contributed by atoms with Gasteiger partial charge >= 0.3 is 0 Å². The highest BCUT2D eigenvalue weighted by atomic mass is 35.5. The first-order valence-electron chi connectivity index (χ1n) is 10.9. The summed E-state index contributed by atoms with van der Waals surface area (Å²) in [7, 11) is -3.89. The third kappa shape index (κ3) is 7.06. The maximum atomic E-state index is 13.5. The summed E-state index contributed by atoms with van der Waals surface area (Å²) in [6.45, 7) is 5.62. The Morgan fingerprint density at radius 1 is 1.09 bits per heavy atom. The SMILES string of the molecule is Cc1ccc(CN(Cc2ccc(/C=C(/C#N)C(=O)NC(C)C)o2)S(=O)(=O)c2ccc(Cl)cc2)cc1. The molecule has 0 fully saturated rings. The molecule has 1 heterocycles. The van der Waals surface area contributed by atoms with Gasteiger partial charge in [-0.3, -0.25) is 4.79 Å². The number of aryl methyl sites for hydroxylation is 1. The Morgan fingerprint density at radius 2 is 1.74 bits per heavy atom. The summed E-state index contributed by atoms with van der Waals surface area (Å²) in [6.07, 6.45) is 1.33. The lowest BCUT2D eigenvalue weighted by Gasteiger charge is -2.21. The molecule has 1 amide bonds. The highest BCUT2D eigenvalue weighted by molar-refractivity contribution is 7.89. The summed E-state index contributed by atoms with van der Waals surface area (Å²) in [5, 5.41) is 12.4. The average Bonchev–Trinajstić information content (AvgIpc) is 3.25. The fraction of sp³-hybridized carbons (Fsp3) is 0.231. The predicted octanol–water partition coefficient (Wildman–Crippen LogP) is 5.06. The Kier molecular flexibility index (Phi) is 8.52. The van der Waals surface area contributed by atoms with Gasteiger partial charge in [0, 0.05) is 23.7 Å². The number of carbonyl (C=O) groups excluding carboxylic acids is 1. The first kappa shape index (κ1) is 26.2. The summed E-state index contributed by atoms with van der Waals surface area (Å²) in [4.78, 5) is 12.3. The maximum absolute atomic E-state index is 13.5. The second kappa shape index (κ2) is 11.4. The molecule has 0 unspecified atom stereocenters. The quantitative estimate of drug-likeness (QED) is 0.319. The number of amides is 1. The Morgan fingerprint density at radius 3 is 2.34 bits per heavy atom. The molecule has 2 aromatic carbocycles. The molecule has 9 heteroatoms. The van der Waals surface area contributed by atoms with Crippen molar-refractivity contribution in [2.24, 2.45) is 0 Å². The topological polar surface area (TPSA) is 103 Å². The number of nitrogens with zero attached hydrogens (tertiary/aromatic N) is 2. The average molecular weight is 512 g/mol. The van der Waals surface area contributed by atoms with Crippen LogP contribution < -0.4 is 5.32 Å². The van der Waals surface area contributed by atoms with Crippen LogP contribution in [0.1, 0.15) is 36.5 Å². The molecule has 0 aliphatic carbocycles. The van der Waals surface area contributed by atoms with E-state index < -0.39 is 15.9 Å². The highest BCUT2D eigenvalue weighted by Gasteiger charge is 2.26. The molecule has 0 saturated heterocycles. The van der Waals surface area contributed by atoms with Crippen molar-refractivity contribution >= 4 is 33.6 Å². The van der Waals surface area contributed by atoms with Gasteiger partial charge in [-0.2, -0.15) is 9.57 Å². The maximum Gasteiger partial charge on any atom is 0.262 e. The Hall–Kier alpha value is -3.38. The fourth-order valence-electron chi connectivity index (χ4n) is 3.24. The molecule has 0 bridgehead atoms. The Balaban J connectivity index is 1.91. The van der Waals surface area contributed by atoms with Gasteiger partial charge in [0.2, 0.25) is 10.0 Å². The van der Waals surface area contributed by atoms with E-state index in [9.17, 15) is 18.5 Å². The number of halogens is 1. The van der Waals surface area contributed by atoms with E-state index in [0.29, 0.717) is 10.8 Å². The third-order valence-corrected chi connectivity index (χ3v) is 7.07. The van der Waals surface area contributed by atoms with Crippen molar-refractivity contribution in [1.82, 2.24) is 9.62 Å². The lowest BCUT2D eigenvalue weighted by molar-refractivity contribution is -0.117. The van der Waals surface area contributed by atoms with Crippen LogP contribution in [0.25, 0.3) is 6.08 Å². The molecule has 3 rings (SSSR count). The van der Waals surface area contributed by atoms with Crippen LogP contribution in [0.15, 0.2) is 75.5 Å². The van der Waals surface area contributed by atoms with Crippen LogP contribution >= 0.6 is 11.6 Å². The molecule has 7 nitrogen and oxygen atoms in total. The van der Waals surface area contributed by atoms with Crippen molar-refractivity contribution in [3.63, 3.8) is 0 Å². The second-order valence-corrected chi connectivity index (χ2v) is 10.7. The van der Waals surface area contributed by atoms with E-state index >= 15 is 0 Å². The molecular weight excluding hydrogens is 486 g/mol. The van der Waals surface area contributed by atoms with Crippen molar-refractivity contribution < 1.29 is 17.6 Å². The smallest absolute Gasteiger partial charge is 0.262 e. The predicted molar refractivity (Wildman–Crippen MR) is 135 cm³/mol. The third-order valence-electron chi connectivity index (χ3n) is 5.02. The van der Waals surface area contributed by atoms with Crippen molar-refractivity contribution in [1.29, 1.82) is 5.26 Å². The van der Waals surface area contributed by atoms with Gasteiger partial charge < -0.3 is 9.73 Å². The van der Waals surface area contributed by atoms with Gasteiger partial charge in [0.15, 0.2) is 0 Å². The van der Waals surface area contributed by atoms with Gasteiger partial charge in [-0.1, -0.05) is 41.4 Å². The molecule has 0 atom stereocenters. The number of rotatable bonds is 9. The summed E-state index contributed by atoms with van der Waals surface area (Å²) in [5.41, 5.74) is 1.78. The summed E-state index contributed by atoms with van der Waals surface area (Å²) >= 11 is 5.94. The van der Waals surface area contributed by atoms with Gasteiger partial charge in [-0.15, -0.1) is 0 Å². The van der Waals surface area contributed by atoms with Gasteiger partial charge in [-0.05, 0) is 62.7 Å². The fourth-order valence-corrected chi connectivity index (χ4v) is 4.76. The zero-order chi connectivity index (χ0) is 25.6. The summed E-state index contributed by atoms with van der Waals surface area (Å²) in [5.74, 6) is 0.129. The van der Waals surface area contributed by atoms with E-state index in [1.807, 2.05) is 37.3 Å². The Labute approximate surface area is 210 Å². The number of hydrogen-bond acceptors (Lipinski definition) is 5. The molecule has 35 heavy (non-hydrogen) atoms. The van der Waals surface area contributed by atoms with E-state index in [0.717, 1.165) is 11.1 Å². The van der Waals surface area contributed by atoms with Crippen molar-refractivity contribution in [2.75, 3.05) is 0 Å². The number of benzene rings is 2.